The van der Waals surface area contributed by atoms with E-state index in [1.807, 2.05) is 67.6 Å². The fourth-order valence-corrected chi connectivity index (χ4v) is 1.91. The molecule has 2 aromatic carbocycles. The van der Waals surface area contributed by atoms with Gasteiger partial charge in [0, 0.05) is 10.6 Å². The lowest BCUT2D eigenvalue weighted by Crippen LogP contribution is -1.93. The standard InChI is InChI=1S/C18H15ClO/c1-14-7-9-16(10-8-14)18(20)12-11-17(19)13-15-5-3-2-4-6-15/h2-13H,1H3/b12-11+,17-13-. The topological polar surface area (TPSA) is 17.1 Å². The number of halogens is 1. The van der Waals surface area contributed by atoms with E-state index in [1.54, 1.807) is 6.08 Å². The quantitative estimate of drug-likeness (QED) is 0.437. The predicted molar refractivity (Wildman–Crippen MR) is 84.9 cm³/mol. The average Bonchev–Trinajstić information content (AvgIpc) is 2.46. The van der Waals surface area contributed by atoms with Gasteiger partial charge in [-0.3, -0.25) is 4.79 Å². The second-order valence-electron chi connectivity index (χ2n) is 4.50. The first kappa shape index (κ1) is 14.3. The van der Waals surface area contributed by atoms with Gasteiger partial charge in [0.05, 0.1) is 0 Å². The van der Waals surface area contributed by atoms with Crippen molar-refractivity contribution in [2.75, 3.05) is 0 Å². The zero-order valence-electron chi connectivity index (χ0n) is 11.2. The molecule has 2 rings (SSSR count). The van der Waals surface area contributed by atoms with Crippen LogP contribution < -0.4 is 0 Å². The van der Waals surface area contributed by atoms with Crippen LogP contribution in [0.3, 0.4) is 0 Å². The van der Waals surface area contributed by atoms with Crippen LogP contribution in [0.25, 0.3) is 6.08 Å². The van der Waals surface area contributed by atoms with E-state index >= 15 is 0 Å². The molecule has 0 saturated carbocycles. The van der Waals surface area contributed by atoms with Crippen molar-refractivity contribution in [2.24, 2.45) is 0 Å². The Labute approximate surface area is 124 Å². The van der Waals surface area contributed by atoms with Crippen molar-refractivity contribution in [1.29, 1.82) is 0 Å². The van der Waals surface area contributed by atoms with E-state index in [-0.39, 0.29) is 5.78 Å². The second kappa shape index (κ2) is 6.88. The van der Waals surface area contributed by atoms with Crippen molar-refractivity contribution >= 4 is 23.5 Å². The van der Waals surface area contributed by atoms with Gasteiger partial charge in [-0.25, -0.2) is 0 Å². The molecule has 2 aromatic rings. The normalized spacial score (nSPS) is 11.8. The van der Waals surface area contributed by atoms with Gasteiger partial charge in [-0.1, -0.05) is 71.8 Å². The molecule has 0 saturated heterocycles. The highest BCUT2D eigenvalue weighted by Crippen LogP contribution is 2.12. The van der Waals surface area contributed by atoms with E-state index < -0.39 is 0 Å². The number of hydrogen-bond acceptors (Lipinski definition) is 1. The van der Waals surface area contributed by atoms with Crippen molar-refractivity contribution < 1.29 is 4.79 Å². The summed E-state index contributed by atoms with van der Waals surface area (Å²) in [5.41, 5.74) is 2.80. The highest BCUT2D eigenvalue weighted by Gasteiger charge is 2.00. The maximum absolute atomic E-state index is 11.9. The lowest BCUT2D eigenvalue weighted by molar-refractivity contribution is 0.104. The van der Waals surface area contributed by atoms with E-state index in [9.17, 15) is 4.79 Å². The Balaban J connectivity index is 2.07. The van der Waals surface area contributed by atoms with Gasteiger partial charge in [0.25, 0.3) is 0 Å². The molecule has 1 nitrogen and oxygen atoms in total. The number of benzene rings is 2. The highest BCUT2D eigenvalue weighted by atomic mass is 35.5. The maximum Gasteiger partial charge on any atom is 0.185 e. The highest BCUT2D eigenvalue weighted by molar-refractivity contribution is 6.33. The third kappa shape index (κ3) is 4.22. The van der Waals surface area contributed by atoms with E-state index in [1.165, 1.54) is 6.08 Å². The van der Waals surface area contributed by atoms with Gasteiger partial charge in [0.1, 0.15) is 0 Å². The van der Waals surface area contributed by atoms with Gasteiger partial charge < -0.3 is 0 Å². The number of aryl methyl sites for hydroxylation is 1. The van der Waals surface area contributed by atoms with Crippen LogP contribution in [0.4, 0.5) is 0 Å². The number of ketones is 1. The molecular formula is C18H15ClO. The zero-order chi connectivity index (χ0) is 14.4. The third-order valence-electron chi connectivity index (χ3n) is 2.83. The van der Waals surface area contributed by atoms with E-state index in [0.717, 1.165) is 11.1 Å². The summed E-state index contributed by atoms with van der Waals surface area (Å²) >= 11 is 6.09. The molecule has 0 spiro atoms. The van der Waals surface area contributed by atoms with Crippen molar-refractivity contribution in [3.8, 4) is 0 Å². The summed E-state index contributed by atoms with van der Waals surface area (Å²) < 4.78 is 0. The lowest BCUT2D eigenvalue weighted by Gasteiger charge is -1.97. The van der Waals surface area contributed by atoms with Crippen LogP contribution in [0.15, 0.2) is 71.8 Å². The molecule has 0 N–H and O–H groups in total. The Morgan fingerprint density at radius 3 is 2.25 bits per heavy atom. The molecule has 0 aliphatic rings. The van der Waals surface area contributed by atoms with Crippen molar-refractivity contribution in [1.82, 2.24) is 0 Å². The average molecular weight is 283 g/mol. The summed E-state index contributed by atoms with van der Waals surface area (Å²) in [5, 5.41) is 0.525. The Bertz CT molecular complexity index is 637. The summed E-state index contributed by atoms with van der Waals surface area (Å²) in [6.45, 7) is 1.99. The molecule has 0 atom stereocenters. The van der Waals surface area contributed by atoms with Gasteiger partial charge in [0.15, 0.2) is 5.78 Å². The largest absolute Gasteiger partial charge is 0.289 e. The Morgan fingerprint density at radius 1 is 0.950 bits per heavy atom. The van der Waals surface area contributed by atoms with Crippen LogP contribution in [0, 0.1) is 6.92 Å². The minimum atomic E-state index is -0.0513. The van der Waals surface area contributed by atoms with Crippen LogP contribution in [-0.2, 0) is 0 Å². The molecule has 0 bridgehead atoms. The molecule has 0 aromatic heterocycles. The maximum atomic E-state index is 11.9. The summed E-state index contributed by atoms with van der Waals surface area (Å²) in [4.78, 5) is 11.9. The van der Waals surface area contributed by atoms with Crippen LogP contribution in [0.2, 0.25) is 0 Å². The third-order valence-corrected chi connectivity index (χ3v) is 3.07. The van der Waals surface area contributed by atoms with E-state index in [2.05, 4.69) is 0 Å². The van der Waals surface area contributed by atoms with E-state index in [4.69, 9.17) is 11.6 Å². The first-order chi connectivity index (χ1) is 9.65. The minimum Gasteiger partial charge on any atom is -0.289 e. The van der Waals surface area contributed by atoms with Gasteiger partial charge in [-0.05, 0) is 30.7 Å². The van der Waals surface area contributed by atoms with Crippen LogP contribution >= 0.6 is 11.6 Å². The van der Waals surface area contributed by atoms with Crippen molar-refractivity contribution in [2.45, 2.75) is 6.92 Å². The van der Waals surface area contributed by atoms with Gasteiger partial charge in [-0.2, -0.15) is 0 Å². The predicted octanol–water partition coefficient (Wildman–Crippen LogP) is 5.01. The molecule has 0 unspecified atom stereocenters. The first-order valence-electron chi connectivity index (χ1n) is 6.36. The first-order valence-corrected chi connectivity index (χ1v) is 6.74. The molecule has 0 fully saturated rings. The van der Waals surface area contributed by atoms with Crippen LogP contribution in [0.5, 0.6) is 0 Å². The fraction of sp³-hybridized carbons (Fsp3) is 0.0556. The molecular weight excluding hydrogens is 268 g/mol. The molecule has 20 heavy (non-hydrogen) atoms. The monoisotopic (exact) mass is 282 g/mol. The fourth-order valence-electron chi connectivity index (χ4n) is 1.73. The molecule has 0 aliphatic heterocycles. The number of carbonyl (C=O) groups excluding carboxylic acids is 1. The Kier molecular flexibility index (Phi) is 4.91. The van der Waals surface area contributed by atoms with E-state index in [0.29, 0.717) is 10.6 Å². The molecule has 0 radical (unpaired) electrons. The summed E-state index contributed by atoms with van der Waals surface area (Å²) in [6, 6.07) is 17.2. The molecule has 0 aliphatic carbocycles. The number of allylic oxidation sites excluding steroid dienone is 3. The van der Waals surface area contributed by atoms with Crippen molar-refractivity contribution in [3.63, 3.8) is 0 Å². The molecule has 2 heteroatoms. The Morgan fingerprint density at radius 2 is 1.60 bits per heavy atom. The number of rotatable bonds is 4. The van der Waals surface area contributed by atoms with Gasteiger partial charge >= 0.3 is 0 Å². The van der Waals surface area contributed by atoms with Gasteiger partial charge in [-0.15, -0.1) is 0 Å². The zero-order valence-corrected chi connectivity index (χ0v) is 12.0. The second-order valence-corrected chi connectivity index (χ2v) is 4.94. The minimum absolute atomic E-state index is 0.0513. The Hall–Kier alpha value is -2.12. The number of carbonyl (C=O) groups is 1. The van der Waals surface area contributed by atoms with Crippen molar-refractivity contribution in [3.05, 3.63) is 88.5 Å². The van der Waals surface area contributed by atoms with Gasteiger partial charge in [0.2, 0.25) is 0 Å². The lowest BCUT2D eigenvalue weighted by atomic mass is 10.1. The summed E-state index contributed by atoms with van der Waals surface area (Å²) in [6.07, 6.45) is 4.93. The smallest absolute Gasteiger partial charge is 0.185 e. The van der Waals surface area contributed by atoms with Crippen LogP contribution in [-0.4, -0.2) is 5.78 Å². The summed E-state index contributed by atoms with van der Waals surface area (Å²) in [5.74, 6) is -0.0513. The molecule has 100 valence electrons. The molecule has 0 amide bonds. The summed E-state index contributed by atoms with van der Waals surface area (Å²) in [7, 11) is 0. The van der Waals surface area contributed by atoms with Crippen LogP contribution in [0.1, 0.15) is 21.5 Å². The number of hydrogen-bond donors (Lipinski definition) is 0. The molecule has 0 heterocycles. The SMILES string of the molecule is Cc1ccc(C(=O)/C=C/C(Cl)=C/c2ccccc2)cc1.